The van der Waals surface area contributed by atoms with Gasteiger partial charge >= 0.3 is 0 Å². The molecule has 2 amide bonds. The molecule has 1 aromatic heterocycles. The molecule has 0 bridgehead atoms. The lowest BCUT2D eigenvalue weighted by Gasteiger charge is -2.24. The molecule has 0 spiro atoms. The van der Waals surface area contributed by atoms with E-state index in [2.05, 4.69) is 5.32 Å². The third-order valence-corrected chi connectivity index (χ3v) is 6.87. The highest BCUT2D eigenvalue weighted by molar-refractivity contribution is 7.89. The van der Waals surface area contributed by atoms with Crippen LogP contribution < -0.4 is 10.1 Å². The molecule has 0 saturated heterocycles. The van der Waals surface area contributed by atoms with Crippen LogP contribution in [0.5, 0.6) is 5.75 Å². The second-order valence-electron chi connectivity index (χ2n) is 7.69. The predicted octanol–water partition coefficient (Wildman–Crippen LogP) is 2.88. The molecule has 3 rings (SSSR count). The van der Waals surface area contributed by atoms with Gasteiger partial charge in [0.05, 0.1) is 37.9 Å². The van der Waals surface area contributed by atoms with Gasteiger partial charge in [0.15, 0.2) is 0 Å². The minimum absolute atomic E-state index is 0.00687. The fourth-order valence-corrected chi connectivity index (χ4v) is 4.47. The molecule has 0 unspecified atom stereocenters. The van der Waals surface area contributed by atoms with Crippen LogP contribution in [-0.2, 0) is 26.2 Å². The Labute approximate surface area is 199 Å². The third-order valence-electron chi connectivity index (χ3n) is 5.06. The standard InChI is InChI=1S/C24H27N3O6S/c1-18-6-8-19(9-7-18)25-23(28)16-26(2)24(29)17-27(15-21-5-4-14-33-21)34(30,31)22-12-10-20(32-3)11-13-22/h4-14H,15-17H2,1-3H3,(H,25,28). The number of rotatable bonds is 10. The van der Waals surface area contributed by atoms with Gasteiger partial charge in [0.25, 0.3) is 0 Å². The Bertz CT molecular complexity index is 1210. The van der Waals surface area contributed by atoms with Crippen molar-refractivity contribution in [3.8, 4) is 5.75 Å². The Kier molecular flexibility index (Phi) is 8.08. The molecule has 2 aromatic carbocycles. The van der Waals surface area contributed by atoms with Gasteiger partial charge in [-0.2, -0.15) is 4.31 Å². The lowest BCUT2D eigenvalue weighted by molar-refractivity contribution is -0.133. The maximum Gasteiger partial charge on any atom is 0.243 e. The van der Waals surface area contributed by atoms with Gasteiger partial charge in [-0.3, -0.25) is 9.59 Å². The van der Waals surface area contributed by atoms with E-state index in [1.807, 2.05) is 19.1 Å². The van der Waals surface area contributed by atoms with Crippen molar-refractivity contribution in [3.05, 3.63) is 78.3 Å². The van der Waals surface area contributed by atoms with Crippen molar-refractivity contribution in [2.45, 2.75) is 18.4 Å². The normalized spacial score (nSPS) is 11.3. The molecule has 0 aliphatic rings. The average Bonchev–Trinajstić information content (AvgIpc) is 3.33. The molecule has 0 saturated carbocycles. The molecule has 10 heteroatoms. The molecule has 0 aliphatic carbocycles. The van der Waals surface area contributed by atoms with Gasteiger partial charge in [0, 0.05) is 12.7 Å². The number of aryl methyl sites for hydroxylation is 1. The number of furan rings is 1. The number of ether oxygens (including phenoxy) is 1. The number of carbonyl (C=O) groups is 2. The molecule has 1 heterocycles. The number of benzene rings is 2. The van der Waals surface area contributed by atoms with E-state index in [9.17, 15) is 18.0 Å². The summed E-state index contributed by atoms with van der Waals surface area (Å²) in [5.74, 6) is -0.0467. The van der Waals surface area contributed by atoms with Crippen molar-refractivity contribution in [1.29, 1.82) is 0 Å². The highest BCUT2D eigenvalue weighted by atomic mass is 32.2. The molecule has 0 fully saturated rings. The summed E-state index contributed by atoms with van der Waals surface area (Å²) in [4.78, 5) is 26.4. The van der Waals surface area contributed by atoms with Gasteiger partial charge in [-0.15, -0.1) is 0 Å². The number of likely N-dealkylation sites (N-methyl/N-ethyl adjacent to an activating group) is 1. The van der Waals surface area contributed by atoms with Crippen molar-refractivity contribution in [2.24, 2.45) is 0 Å². The molecular formula is C24H27N3O6S. The number of methoxy groups -OCH3 is 1. The molecular weight excluding hydrogens is 458 g/mol. The first kappa shape index (κ1) is 25.0. The van der Waals surface area contributed by atoms with Crippen molar-refractivity contribution < 1.29 is 27.2 Å². The lowest BCUT2D eigenvalue weighted by atomic mass is 10.2. The number of hydrogen-bond donors (Lipinski definition) is 1. The minimum Gasteiger partial charge on any atom is -0.497 e. The smallest absolute Gasteiger partial charge is 0.243 e. The van der Waals surface area contributed by atoms with Crippen LogP contribution in [-0.4, -0.2) is 56.7 Å². The summed E-state index contributed by atoms with van der Waals surface area (Å²) < 4.78 is 38.0. The van der Waals surface area contributed by atoms with E-state index < -0.39 is 28.4 Å². The Balaban J connectivity index is 1.72. The number of amides is 2. The molecule has 3 aromatic rings. The van der Waals surface area contributed by atoms with Gasteiger partial charge in [-0.05, 0) is 55.5 Å². The van der Waals surface area contributed by atoms with Gasteiger partial charge in [-0.1, -0.05) is 17.7 Å². The highest BCUT2D eigenvalue weighted by Crippen LogP contribution is 2.21. The molecule has 9 nitrogen and oxygen atoms in total. The van der Waals surface area contributed by atoms with E-state index in [0.717, 1.165) is 9.87 Å². The Morgan fingerprint density at radius 1 is 1.00 bits per heavy atom. The van der Waals surface area contributed by atoms with Gasteiger partial charge in [0.1, 0.15) is 11.5 Å². The number of carbonyl (C=O) groups excluding carboxylic acids is 2. The van der Waals surface area contributed by atoms with Crippen molar-refractivity contribution in [1.82, 2.24) is 9.21 Å². The van der Waals surface area contributed by atoms with Crippen molar-refractivity contribution >= 4 is 27.5 Å². The lowest BCUT2D eigenvalue weighted by Crippen LogP contribution is -2.43. The Hall–Kier alpha value is -3.63. The van der Waals surface area contributed by atoms with E-state index >= 15 is 0 Å². The molecule has 0 aliphatic heterocycles. The number of nitrogens with one attached hydrogen (secondary N) is 1. The fourth-order valence-electron chi connectivity index (χ4n) is 3.11. The maximum absolute atomic E-state index is 13.3. The van der Waals surface area contributed by atoms with Crippen LogP contribution in [0.4, 0.5) is 5.69 Å². The van der Waals surface area contributed by atoms with Crippen LogP contribution in [0, 0.1) is 6.92 Å². The second kappa shape index (κ2) is 11.0. The Morgan fingerprint density at radius 2 is 1.68 bits per heavy atom. The molecule has 1 N–H and O–H groups in total. The molecule has 0 radical (unpaired) electrons. The van der Waals surface area contributed by atoms with Crippen molar-refractivity contribution in [3.63, 3.8) is 0 Å². The van der Waals surface area contributed by atoms with Crippen LogP contribution >= 0.6 is 0 Å². The molecule has 180 valence electrons. The van der Waals surface area contributed by atoms with Crippen LogP contribution in [0.1, 0.15) is 11.3 Å². The topological polar surface area (TPSA) is 109 Å². The zero-order valence-electron chi connectivity index (χ0n) is 19.2. The summed E-state index contributed by atoms with van der Waals surface area (Å²) in [5.41, 5.74) is 1.66. The summed E-state index contributed by atoms with van der Waals surface area (Å²) in [5, 5.41) is 2.72. The number of sulfonamides is 1. The van der Waals surface area contributed by atoms with Crippen LogP contribution in [0.25, 0.3) is 0 Å². The van der Waals surface area contributed by atoms with E-state index in [-0.39, 0.29) is 18.0 Å². The van der Waals surface area contributed by atoms with Gasteiger partial charge < -0.3 is 19.4 Å². The van der Waals surface area contributed by atoms with Crippen LogP contribution in [0.15, 0.2) is 76.2 Å². The monoisotopic (exact) mass is 485 g/mol. The largest absolute Gasteiger partial charge is 0.497 e. The minimum atomic E-state index is -4.04. The number of anilines is 1. The average molecular weight is 486 g/mol. The first-order valence-corrected chi connectivity index (χ1v) is 11.9. The fraction of sp³-hybridized carbons (Fsp3) is 0.250. The molecule has 34 heavy (non-hydrogen) atoms. The number of nitrogens with zero attached hydrogens (tertiary/aromatic N) is 2. The quantitative estimate of drug-likeness (QED) is 0.473. The van der Waals surface area contributed by atoms with Gasteiger partial charge in [0.2, 0.25) is 21.8 Å². The van der Waals surface area contributed by atoms with E-state index in [4.69, 9.17) is 9.15 Å². The second-order valence-corrected chi connectivity index (χ2v) is 9.63. The van der Waals surface area contributed by atoms with E-state index in [1.54, 1.807) is 24.3 Å². The summed E-state index contributed by atoms with van der Waals surface area (Å²) in [6, 6.07) is 16.4. The first-order chi connectivity index (χ1) is 16.2. The summed E-state index contributed by atoms with van der Waals surface area (Å²) in [6.45, 7) is 1.09. The zero-order valence-corrected chi connectivity index (χ0v) is 20.0. The van der Waals surface area contributed by atoms with Crippen LogP contribution in [0.2, 0.25) is 0 Å². The molecule has 0 atom stereocenters. The van der Waals surface area contributed by atoms with Crippen LogP contribution in [0.3, 0.4) is 0 Å². The summed E-state index contributed by atoms with van der Waals surface area (Å²) in [6.07, 6.45) is 1.43. The summed E-state index contributed by atoms with van der Waals surface area (Å²) in [7, 11) is -1.11. The first-order valence-electron chi connectivity index (χ1n) is 10.5. The predicted molar refractivity (Wildman–Crippen MR) is 127 cm³/mol. The van der Waals surface area contributed by atoms with Gasteiger partial charge in [-0.25, -0.2) is 8.42 Å². The Morgan fingerprint density at radius 3 is 2.26 bits per heavy atom. The van der Waals surface area contributed by atoms with E-state index in [1.165, 1.54) is 49.6 Å². The summed E-state index contributed by atoms with van der Waals surface area (Å²) >= 11 is 0. The maximum atomic E-state index is 13.3. The van der Waals surface area contributed by atoms with E-state index in [0.29, 0.717) is 17.2 Å². The van der Waals surface area contributed by atoms with Crippen molar-refractivity contribution in [2.75, 3.05) is 32.6 Å². The highest BCUT2D eigenvalue weighted by Gasteiger charge is 2.29. The SMILES string of the molecule is COc1ccc(S(=O)(=O)N(CC(=O)N(C)CC(=O)Nc2ccc(C)cc2)Cc2ccco2)cc1. The zero-order chi connectivity index (χ0) is 24.7. The number of hydrogen-bond acceptors (Lipinski definition) is 6. The third kappa shape index (κ3) is 6.46.